The van der Waals surface area contributed by atoms with Crippen LogP contribution in [0.1, 0.15) is 37.7 Å². The van der Waals surface area contributed by atoms with Crippen molar-refractivity contribution in [3.05, 3.63) is 48.2 Å². The number of aryl methyl sites for hydroxylation is 1. The lowest BCUT2D eigenvalue weighted by Gasteiger charge is -2.41. The largest absolute Gasteiger partial charge is 0.490 e. The zero-order valence-electron chi connectivity index (χ0n) is 18.3. The van der Waals surface area contributed by atoms with E-state index in [-0.39, 0.29) is 41.2 Å². The molecule has 170 valence electrons. The van der Waals surface area contributed by atoms with Crippen LogP contribution >= 0.6 is 0 Å². The topological polar surface area (TPSA) is 79.8 Å². The maximum atomic E-state index is 12.9. The smallest absolute Gasteiger partial charge is 0.223 e. The van der Waals surface area contributed by atoms with E-state index in [9.17, 15) is 13.2 Å². The molecule has 0 N–H and O–H groups in total. The van der Waals surface area contributed by atoms with Crippen LogP contribution in [-0.2, 0) is 14.6 Å². The number of carbonyl (C=O) groups is 1. The Labute approximate surface area is 189 Å². The number of pyridine rings is 1. The number of fused-ring (bicyclic) bond motifs is 2. The van der Waals surface area contributed by atoms with Crippen LogP contribution in [0.4, 0.5) is 5.82 Å². The summed E-state index contributed by atoms with van der Waals surface area (Å²) in [4.78, 5) is 21.9. The predicted octanol–water partition coefficient (Wildman–Crippen LogP) is 2.97. The molecular weight excluding hydrogens is 426 g/mol. The molecule has 1 aromatic heterocycles. The highest BCUT2D eigenvalue weighted by Crippen LogP contribution is 2.34. The molecule has 2 bridgehead atoms. The van der Waals surface area contributed by atoms with E-state index in [0.29, 0.717) is 18.8 Å². The van der Waals surface area contributed by atoms with E-state index < -0.39 is 9.84 Å². The Bertz CT molecular complexity index is 1080. The summed E-state index contributed by atoms with van der Waals surface area (Å²) in [6.45, 7) is 3.26. The van der Waals surface area contributed by atoms with E-state index in [1.54, 1.807) is 24.3 Å². The van der Waals surface area contributed by atoms with Gasteiger partial charge in [0, 0.05) is 37.8 Å². The minimum absolute atomic E-state index is 0.00172. The van der Waals surface area contributed by atoms with Gasteiger partial charge in [-0.2, -0.15) is 0 Å². The van der Waals surface area contributed by atoms with E-state index in [4.69, 9.17) is 4.74 Å². The second-order valence-electron chi connectivity index (χ2n) is 9.15. The summed E-state index contributed by atoms with van der Waals surface area (Å²) in [5.41, 5.74) is 1.13. The normalized spacial score (nSPS) is 22.8. The fourth-order valence-electron chi connectivity index (χ4n) is 4.71. The molecule has 2 atom stereocenters. The first-order valence-corrected chi connectivity index (χ1v) is 13.0. The number of likely N-dealkylation sites (tertiary alicyclic amines) is 1. The Balaban J connectivity index is 1.20. The summed E-state index contributed by atoms with van der Waals surface area (Å²) >= 11 is 0. The number of nitrogens with zero attached hydrogens (tertiary/aromatic N) is 3. The van der Waals surface area contributed by atoms with Crippen molar-refractivity contribution in [1.29, 1.82) is 0 Å². The number of amides is 1. The molecule has 1 saturated carbocycles. The number of hydrogen-bond acceptors (Lipinski definition) is 6. The van der Waals surface area contributed by atoms with Gasteiger partial charge in [-0.3, -0.25) is 4.79 Å². The molecule has 2 aromatic rings. The predicted molar refractivity (Wildman–Crippen MR) is 122 cm³/mol. The minimum Gasteiger partial charge on any atom is -0.490 e. The number of piperazine rings is 1. The molecule has 2 aliphatic heterocycles. The van der Waals surface area contributed by atoms with Crippen molar-refractivity contribution < 1.29 is 17.9 Å². The van der Waals surface area contributed by atoms with Gasteiger partial charge in [-0.25, -0.2) is 13.4 Å². The third-order valence-electron chi connectivity index (χ3n) is 6.57. The monoisotopic (exact) mass is 455 g/mol. The summed E-state index contributed by atoms with van der Waals surface area (Å²) < 4.78 is 31.4. The average molecular weight is 456 g/mol. The highest BCUT2D eigenvalue weighted by Gasteiger charge is 2.42. The average Bonchev–Trinajstić information content (AvgIpc) is 3.56. The van der Waals surface area contributed by atoms with Crippen molar-refractivity contribution in [2.75, 3.05) is 23.7 Å². The maximum absolute atomic E-state index is 12.9. The van der Waals surface area contributed by atoms with Crippen LogP contribution < -0.4 is 9.64 Å². The van der Waals surface area contributed by atoms with Crippen molar-refractivity contribution >= 4 is 21.6 Å². The van der Waals surface area contributed by atoms with E-state index in [2.05, 4.69) is 16.0 Å². The summed E-state index contributed by atoms with van der Waals surface area (Å²) in [6.07, 6.45) is 6.16. The molecule has 3 fully saturated rings. The van der Waals surface area contributed by atoms with Gasteiger partial charge in [0.2, 0.25) is 5.91 Å². The summed E-state index contributed by atoms with van der Waals surface area (Å²) in [5.74, 6) is 1.27. The number of anilines is 1. The molecule has 5 rings (SSSR count). The molecular formula is C24H29N3O4S. The molecule has 0 spiro atoms. The highest BCUT2D eigenvalue weighted by atomic mass is 32.2. The lowest BCUT2D eigenvalue weighted by Crippen LogP contribution is -2.55. The third-order valence-corrected chi connectivity index (χ3v) is 8.29. The first kappa shape index (κ1) is 21.2. The Morgan fingerprint density at radius 3 is 2.50 bits per heavy atom. The zero-order valence-corrected chi connectivity index (χ0v) is 19.1. The molecule has 2 unspecified atom stereocenters. The van der Waals surface area contributed by atoms with Crippen LogP contribution in [0.3, 0.4) is 0 Å². The molecule has 1 aliphatic carbocycles. The Morgan fingerprint density at radius 1 is 1.09 bits per heavy atom. The van der Waals surface area contributed by atoms with Crippen molar-refractivity contribution in [2.24, 2.45) is 0 Å². The van der Waals surface area contributed by atoms with Gasteiger partial charge >= 0.3 is 0 Å². The van der Waals surface area contributed by atoms with Crippen LogP contribution in [0.15, 0.2) is 47.5 Å². The second-order valence-corrected chi connectivity index (χ2v) is 11.3. The summed E-state index contributed by atoms with van der Waals surface area (Å²) in [5, 5.41) is 0. The molecule has 2 saturated heterocycles. The fourth-order valence-corrected chi connectivity index (χ4v) is 5.97. The van der Waals surface area contributed by atoms with Crippen molar-refractivity contribution in [1.82, 2.24) is 9.88 Å². The lowest BCUT2D eigenvalue weighted by molar-refractivity contribution is -0.131. The van der Waals surface area contributed by atoms with E-state index in [0.717, 1.165) is 37.1 Å². The standard InChI is InChI=1S/C24H29N3O4S/c1-17-5-10-23(25-14-17)27-18-6-7-19(27)16-26(15-18)24(28)11-12-32(29,30)22-4-2-3-21(13-22)31-20-8-9-20/h2-5,10,13-14,18-20H,6-9,11-12,15-16H2,1H3. The van der Waals surface area contributed by atoms with Crippen LogP contribution in [0.2, 0.25) is 0 Å². The van der Waals surface area contributed by atoms with Crippen LogP contribution in [0.5, 0.6) is 5.75 Å². The number of rotatable bonds is 7. The van der Waals surface area contributed by atoms with E-state index in [1.165, 1.54) is 0 Å². The van der Waals surface area contributed by atoms with E-state index in [1.807, 2.05) is 24.1 Å². The first-order chi connectivity index (χ1) is 15.4. The van der Waals surface area contributed by atoms with Crippen molar-refractivity contribution in [3.63, 3.8) is 0 Å². The third kappa shape index (κ3) is 4.46. The Hall–Kier alpha value is -2.61. The van der Waals surface area contributed by atoms with Crippen molar-refractivity contribution in [3.8, 4) is 5.75 Å². The van der Waals surface area contributed by atoms with Gasteiger partial charge < -0.3 is 14.5 Å². The first-order valence-electron chi connectivity index (χ1n) is 11.4. The van der Waals surface area contributed by atoms with Crippen LogP contribution in [0.25, 0.3) is 0 Å². The van der Waals surface area contributed by atoms with Gasteiger partial charge in [-0.1, -0.05) is 12.1 Å². The minimum atomic E-state index is -3.55. The van der Waals surface area contributed by atoms with Gasteiger partial charge in [-0.05, 0) is 62.4 Å². The number of ether oxygens (including phenoxy) is 1. The molecule has 1 aromatic carbocycles. The molecule has 7 nitrogen and oxygen atoms in total. The van der Waals surface area contributed by atoms with Crippen LogP contribution in [0, 0.1) is 6.92 Å². The molecule has 8 heteroatoms. The van der Waals surface area contributed by atoms with Gasteiger partial charge in [0.1, 0.15) is 11.6 Å². The van der Waals surface area contributed by atoms with Gasteiger partial charge in [0.05, 0.1) is 16.8 Å². The molecule has 32 heavy (non-hydrogen) atoms. The second kappa shape index (κ2) is 8.39. The molecule has 0 radical (unpaired) electrons. The molecule has 3 aliphatic rings. The highest BCUT2D eigenvalue weighted by molar-refractivity contribution is 7.91. The molecule has 3 heterocycles. The zero-order chi connectivity index (χ0) is 22.3. The fraction of sp³-hybridized carbons (Fsp3) is 0.500. The number of sulfone groups is 1. The number of hydrogen-bond donors (Lipinski definition) is 0. The summed E-state index contributed by atoms with van der Waals surface area (Å²) in [6, 6.07) is 11.2. The van der Waals surface area contributed by atoms with E-state index >= 15 is 0 Å². The van der Waals surface area contributed by atoms with Gasteiger partial charge in [-0.15, -0.1) is 0 Å². The van der Waals surface area contributed by atoms with Gasteiger partial charge in [0.15, 0.2) is 9.84 Å². The maximum Gasteiger partial charge on any atom is 0.223 e. The quantitative estimate of drug-likeness (QED) is 0.639. The number of carbonyl (C=O) groups excluding carboxylic acids is 1. The lowest BCUT2D eigenvalue weighted by atomic mass is 10.1. The SMILES string of the molecule is Cc1ccc(N2C3CCC2CN(C(=O)CCS(=O)(=O)c2cccc(OC4CC4)c2)C3)nc1. The van der Waals surface area contributed by atoms with Crippen molar-refractivity contribution in [2.45, 2.75) is 62.1 Å². The summed E-state index contributed by atoms with van der Waals surface area (Å²) in [7, 11) is -3.55. The Kier molecular flexibility index (Phi) is 5.57. The number of aromatic nitrogens is 1. The van der Waals surface area contributed by atoms with Crippen LogP contribution in [-0.4, -0.2) is 61.2 Å². The Morgan fingerprint density at radius 2 is 1.84 bits per heavy atom. The number of benzene rings is 1. The van der Waals surface area contributed by atoms with Gasteiger partial charge in [0.25, 0.3) is 0 Å². The molecule has 1 amide bonds.